The maximum absolute atomic E-state index is 11.1. The van der Waals surface area contributed by atoms with Gasteiger partial charge in [-0.05, 0) is 42.5 Å². The molecule has 1 N–H and O–H groups in total. The summed E-state index contributed by atoms with van der Waals surface area (Å²) in [5.74, 6) is -0.804. The molecule has 21 heavy (non-hydrogen) atoms. The van der Waals surface area contributed by atoms with Crippen molar-refractivity contribution in [3.05, 3.63) is 57.2 Å². The standard InChI is InChI=1S/C16H18ClNO2S/c1-12(9-15-3-2-8-21-15)18(11-16(19)20)10-13-4-6-14(17)7-5-13/h2-8,12H,9-11H2,1H3,(H,19,20)/t12-/m0/s1. The number of carboxylic acid groups (broad SMARTS) is 1. The van der Waals surface area contributed by atoms with Gasteiger partial charge in [0.05, 0.1) is 6.54 Å². The van der Waals surface area contributed by atoms with Crippen LogP contribution in [0.15, 0.2) is 41.8 Å². The number of thiophene rings is 1. The minimum Gasteiger partial charge on any atom is -0.480 e. The van der Waals surface area contributed by atoms with Crippen LogP contribution in [0.3, 0.4) is 0 Å². The highest BCUT2D eigenvalue weighted by Gasteiger charge is 2.18. The van der Waals surface area contributed by atoms with Crippen molar-refractivity contribution in [2.75, 3.05) is 6.54 Å². The molecular formula is C16H18ClNO2S. The van der Waals surface area contributed by atoms with E-state index in [9.17, 15) is 4.79 Å². The molecule has 1 aromatic heterocycles. The lowest BCUT2D eigenvalue weighted by atomic mass is 10.1. The molecule has 5 heteroatoms. The highest BCUT2D eigenvalue weighted by atomic mass is 35.5. The van der Waals surface area contributed by atoms with Crippen molar-refractivity contribution in [3.63, 3.8) is 0 Å². The summed E-state index contributed by atoms with van der Waals surface area (Å²) in [6.07, 6.45) is 0.860. The third kappa shape index (κ3) is 5.16. The lowest BCUT2D eigenvalue weighted by Gasteiger charge is -2.27. The molecule has 0 saturated carbocycles. The molecule has 0 radical (unpaired) electrons. The summed E-state index contributed by atoms with van der Waals surface area (Å²) in [5, 5.41) is 11.9. The number of benzene rings is 1. The number of carboxylic acids is 1. The van der Waals surface area contributed by atoms with Gasteiger partial charge in [0.15, 0.2) is 0 Å². The Bertz CT molecular complexity index is 568. The molecule has 0 fully saturated rings. The smallest absolute Gasteiger partial charge is 0.317 e. The van der Waals surface area contributed by atoms with Gasteiger partial charge in [0.2, 0.25) is 0 Å². The van der Waals surface area contributed by atoms with E-state index in [4.69, 9.17) is 16.7 Å². The summed E-state index contributed by atoms with van der Waals surface area (Å²) in [6, 6.07) is 11.8. The van der Waals surface area contributed by atoms with Gasteiger partial charge in [0.25, 0.3) is 0 Å². The van der Waals surface area contributed by atoms with Crippen LogP contribution < -0.4 is 0 Å². The highest BCUT2D eigenvalue weighted by Crippen LogP contribution is 2.17. The number of carbonyl (C=O) groups is 1. The second-order valence-electron chi connectivity index (χ2n) is 5.06. The molecule has 1 atom stereocenters. The Morgan fingerprint density at radius 1 is 1.33 bits per heavy atom. The molecule has 0 unspecified atom stereocenters. The number of rotatable bonds is 7. The van der Waals surface area contributed by atoms with Gasteiger partial charge in [-0.2, -0.15) is 0 Å². The first-order valence-corrected chi connectivity index (χ1v) is 8.03. The fraction of sp³-hybridized carbons (Fsp3) is 0.312. The third-order valence-electron chi connectivity index (χ3n) is 3.34. The molecule has 0 aliphatic heterocycles. The van der Waals surface area contributed by atoms with Gasteiger partial charge in [-0.1, -0.05) is 29.8 Å². The molecule has 2 rings (SSSR count). The largest absolute Gasteiger partial charge is 0.480 e. The van der Waals surface area contributed by atoms with E-state index in [1.807, 2.05) is 40.6 Å². The van der Waals surface area contributed by atoms with Crippen LogP contribution in [-0.4, -0.2) is 28.6 Å². The van der Waals surface area contributed by atoms with Gasteiger partial charge >= 0.3 is 5.97 Å². The molecule has 2 aromatic rings. The Morgan fingerprint density at radius 3 is 2.62 bits per heavy atom. The number of nitrogens with zero attached hydrogens (tertiary/aromatic N) is 1. The maximum Gasteiger partial charge on any atom is 0.317 e. The van der Waals surface area contributed by atoms with Crippen molar-refractivity contribution in [1.29, 1.82) is 0 Å². The first kappa shape index (κ1) is 16.0. The second kappa shape index (κ2) is 7.59. The minimum atomic E-state index is -0.804. The molecule has 1 aromatic carbocycles. The van der Waals surface area contributed by atoms with E-state index in [1.54, 1.807) is 11.3 Å². The Hall–Kier alpha value is -1.36. The highest BCUT2D eigenvalue weighted by molar-refractivity contribution is 7.09. The van der Waals surface area contributed by atoms with Crippen LogP contribution in [0, 0.1) is 0 Å². The van der Waals surface area contributed by atoms with E-state index in [1.165, 1.54) is 4.88 Å². The fourth-order valence-corrected chi connectivity index (χ4v) is 3.17. The molecule has 112 valence electrons. The third-order valence-corrected chi connectivity index (χ3v) is 4.49. The SMILES string of the molecule is C[C@@H](Cc1cccs1)N(CC(=O)O)Cc1ccc(Cl)cc1. The second-order valence-corrected chi connectivity index (χ2v) is 6.53. The van der Waals surface area contributed by atoms with Gasteiger partial charge in [-0.3, -0.25) is 9.69 Å². The first-order chi connectivity index (χ1) is 10.0. The van der Waals surface area contributed by atoms with Crippen molar-refractivity contribution >= 4 is 28.9 Å². The molecule has 0 saturated heterocycles. The monoisotopic (exact) mass is 323 g/mol. The molecule has 0 spiro atoms. The Kier molecular flexibility index (Phi) is 5.79. The van der Waals surface area contributed by atoms with Crippen LogP contribution in [-0.2, 0) is 17.8 Å². The van der Waals surface area contributed by atoms with E-state index >= 15 is 0 Å². The van der Waals surface area contributed by atoms with Crippen LogP contribution in [0.25, 0.3) is 0 Å². The fourth-order valence-electron chi connectivity index (χ4n) is 2.21. The van der Waals surface area contributed by atoms with Crippen LogP contribution in [0.5, 0.6) is 0 Å². The van der Waals surface area contributed by atoms with Crippen molar-refractivity contribution in [2.45, 2.75) is 25.9 Å². The van der Waals surface area contributed by atoms with Crippen LogP contribution in [0.4, 0.5) is 0 Å². The number of hydrogen-bond donors (Lipinski definition) is 1. The van der Waals surface area contributed by atoms with E-state index < -0.39 is 5.97 Å². The van der Waals surface area contributed by atoms with Crippen LogP contribution in [0.2, 0.25) is 5.02 Å². The number of hydrogen-bond acceptors (Lipinski definition) is 3. The van der Waals surface area contributed by atoms with Crippen LogP contribution in [0.1, 0.15) is 17.4 Å². The molecular weight excluding hydrogens is 306 g/mol. The predicted molar refractivity (Wildman–Crippen MR) is 87.0 cm³/mol. The lowest BCUT2D eigenvalue weighted by Crippen LogP contribution is -2.38. The first-order valence-electron chi connectivity index (χ1n) is 6.77. The van der Waals surface area contributed by atoms with Crippen molar-refractivity contribution in [3.8, 4) is 0 Å². The Labute approximate surface area is 133 Å². The van der Waals surface area contributed by atoms with Gasteiger partial charge in [-0.25, -0.2) is 0 Å². The van der Waals surface area contributed by atoms with Gasteiger partial charge in [-0.15, -0.1) is 11.3 Å². The summed E-state index contributed by atoms with van der Waals surface area (Å²) in [5.41, 5.74) is 1.07. The predicted octanol–water partition coefficient (Wildman–Crippen LogP) is 3.92. The van der Waals surface area contributed by atoms with E-state index in [-0.39, 0.29) is 12.6 Å². The number of halogens is 1. The average molecular weight is 324 g/mol. The van der Waals surface area contributed by atoms with E-state index in [2.05, 4.69) is 13.0 Å². The van der Waals surface area contributed by atoms with Crippen molar-refractivity contribution in [1.82, 2.24) is 4.90 Å². The average Bonchev–Trinajstić information content (AvgIpc) is 2.93. The summed E-state index contributed by atoms with van der Waals surface area (Å²) in [4.78, 5) is 14.4. The lowest BCUT2D eigenvalue weighted by molar-refractivity contribution is -0.139. The number of aliphatic carboxylic acids is 1. The molecule has 0 aliphatic carbocycles. The zero-order chi connectivity index (χ0) is 15.2. The summed E-state index contributed by atoms with van der Waals surface area (Å²) >= 11 is 7.59. The molecule has 0 aliphatic rings. The van der Waals surface area contributed by atoms with E-state index in [0.29, 0.717) is 11.6 Å². The van der Waals surface area contributed by atoms with Gasteiger partial charge in [0.1, 0.15) is 0 Å². The van der Waals surface area contributed by atoms with Crippen molar-refractivity contribution in [2.24, 2.45) is 0 Å². The Balaban J connectivity index is 2.05. The van der Waals surface area contributed by atoms with Gasteiger partial charge < -0.3 is 5.11 Å². The Morgan fingerprint density at radius 2 is 2.05 bits per heavy atom. The maximum atomic E-state index is 11.1. The minimum absolute atomic E-state index is 0.0369. The zero-order valence-electron chi connectivity index (χ0n) is 11.8. The summed E-state index contributed by atoms with van der Waals surface area (Å²) < 4.78 is 0. The van der Waals surface area contributed by atoms with Crippen LogP contribution >= 0.6 is 22.9 Å². The summed E-state index contributed by atoms with van der Waals surface area (Å²) in [7, 11) is 0. The molecule has 0 amide bonds. The molecule has 0 bridgehead atoms. The topological polar surface area (TPSA) is 40.5 Å². The normalized spacial score (nSPS) is 12.5. The molecule has 1 heterocycles. The van der Waals surface area contributed by atoms with Crippen molar-refractivity contribution < 1.29 is 9.90 Å². The summed E-state index contributed by atoms with van der Waals surface area (Å²) in [6.45, 7) is 2.71. The zero-order valence-corrected chi connectivity index (χ0v) is 13.4. The van der Waals surface area contributed by atoms with Gasteiger partial charge in [0, 0.05) is 22.5 Å². The van der Waals surface area contributed by atoms with E-state index in [0.717, 1.165) is 12.0 Å². The molecule has 3 nitrogen and oxygen atoms in total. The quantitative estimate of drug-likeness (QED) is 0.839.